The van der Waals surface area contributed by atoms with Gasteiger partial charge in [-0.15, -0.1) is 0 Å². The van der Waals surface area contributed by atoms with Gasteiger partial charge in [-0.25, -0.2) is 0 Å². The Morgan fingerprint density at radius 1 is 1.08 bits per heavy atom. The number of nitrogens with one attached hydrogen (secondary N) is 2. The maximum Gasteiger partial charge on any atom is 0.246 e. The van der Waals surface area contributed by atoms with E-state index in [1.165, 1.54) is 0 Å². The van der Waals surface area contributed by atoms with Crippen molar-refractivity contribution in [1.82, 2.24) is 25.7 Å². The first-order chi connectivity index (χ1) is 18.2. The second-order valence-electron chi connectivity index (χ2n) is 12.1. The van der Waals surface area contributed by atoms with E-state index < -0.39 is 29.9 Å². The summed E-state index contributed by atoms with van der Waals surface area (Å²) in [6.07, 6.45) is 6.00. The molecule has 1 aromatic heterocycles. The first-order valence-corrected chi connectivity index (χ1v) is 13.6. The molecule has 1 aliphatic heterocycles. The number of rotatable bonds is 9. The van der Waals surface area contributed by atoms with Gasteiger partial charge in [-0.3, -0.25) is 19.2 Å². The van der Waals surface area contributed by atoms with E-state index in [-0.39, 0.29) is 40.7 Å². The molecular formula is C28H34N6O4. The van der Waals surface area contributed by atoms with Crippen molar-refractivity contribution in [2.24, 2.45) is 34.8 Å². The van der Waals surface area contributed by atoms with Gasteiger partial charge in [0.15, 0.2) is 6.04 Å². The molecule has 2 heterocycles. The third-order valence-electron chi connectivity index (χ3n) is 9.03. The summed E-state index contributed by atoms with van der Waals surface area (Å²) in [5.41, 5.74) is 5.91. The summed E-state index contributed by atoms with van der Waals surface area (Å²) < 4.78 is 0. The molecule has 1 saturated heterocycles. The number of aromatic nitrogens is 2. The Balaban J connectivity index is 1.26. The molecule has 0 radical (unpaired) electrons. The van der Waals surface area contributed by atoms with Gasteiger partial charge < -0.3 is 21.3 Å². The van der Waals surface area contributed by atoms with Gasteiger partial charge in [-0.1, -0.05) is 51.0 Å². The maximum atomic E-state index is 13.9. The van der Waals surface area contributed by atoms with Crippen LogP contribution in [0.2, 0.25) is 0 Å². The van der Waals surface area contributed by atoms with E-state index in [2.05, 4.69) is 34.7 Å². The predicted molar refractivity (Wildman–Crippen MR) is 138 cm³/mol. The number of likely N-dealkylation sites (tertiary alicyclic amines) is 1. The average molecular weight is 519 g/mol. The van der Waals surface area contributed by atoms with Crippen LogP contribution in [0.15, 0.2) is 30.5 Å². The molecule has 0 spiro atoms. The van der Waals surface area contributed by atoms with Gasteiger partial charge in [0.05, 0.1) is 6.20 Å². The van der Waals surface area contributed by atoms with Crippen LogP contribution in [0.25, 0.3) is 10.8 Å². The van der Waals surface area contributed by atoms with Crippen molar-refractivity contribution in [3.63, 3.8) is 0 Å². The largest absolute Gasteiger partial charge is 0.368 e. The average Bonchev–Trinajstić information content (AvgIpc) is 3.83. The molecule has 4 N–H and O–H groups in total. The van der Waals surface area contributed by atoms with Crippen molar-refractivity contribution in [1.29, 1.82) is 0 Å². The Morgan fingerprint density at radius 2 is 1.82 bits per heavy atom. The third-order valence-corrected chi connectivity index (χ3v) is 9.03. The number of primary amides is 1. The molecule has 2 aromatic rings. The predicted octanol–water partition coefficient (Wildman–Crippen LogP) is 1.45. The molecule has 1 aromatic carbocycles. The SMILES string of the molecule is CC1(C)[C@@H]2[C@@H](C(=O)NC(C(N)=O)c3nncc4ccccc34)N(C(=O)C(CC3CC3)NC(=O)C3CC3)C[C@@H]21. The monoisotopic (exact) mass is 518 g/mol. The quantitative estimate of drug-likeness (QED) is 0.458. The molecule has 38 heavy (non-hydrogen) atoms. The molecule has 10 heteroatoms. The lowest BCUT2D eigenvalue weighted by Crippen LogP contribution is -2.57. The Kier molecular flexibility index (Phi) is 5.88. The van der Waals surface area contributed by atoms with Gasteiger partial charge >= 0.3 is 0 Å². The maximum absolute atomic E-state index is 13.9. The van der Waals surface area contributed by atoms with Crippen molar-refractivity contribution in [3.8, 4) is 0 Å². The summed E-state index contributed by atoms with van der Waals surface area (Å²) in [6.45, 7) is 4.65. The minimum Gasteiger partial charge on any atom is -0.368 e. The zero-order chi connectivity index (χ0) is 26.8. The second-order valence-corrected chi connectivity index (χ2v) is 12.1. The highest BCUT2D eigenvalue weighted by Gasteiger charge is 2.69. The zero-order valence-corrected chi connectivity index (χ0v) is 21.7. The molecular weight excluding hydrogens is 484 g/mol. The van der Waals surface area contributed by atoms with E-state index in [0.29, 0.717) is 24.3 Å². The number of piperidine rings is 1. The molecule has 2 unspecified atom stereocenters. The van der Waals surface area contributed by atoms with Crippen LogP contribution in [0.1, 0.15) is 57.7 Å². The van der Waals surface area contributed by atoms with Gasteiger partial charge in [-0.2, -0.15) is 10.2 Å². The van der Waals surface area contributed by atoms with Gasteiger partial charge in [-0.05, 0) is 42.4 Å². The lowest BCUT2D eigenvalue weighted by molar-refractivity contribution is -0.144. The van der Waals surface area contributed by atoms with E-state index in [1.54, 1.807) is 17.2 Å². The molecule has 0 bridgehead atoms. The highest BCUT2D eigenvalue weighted by molar-refractivity contribution is 5.97. The number of carbonyl (C=O) groups is 4. The van der Waals surface area contributed by atoms with Crippen LogP contribution in [-0.2, 0) is 19.2 Å². The molecule has 10 nitrogen and oxygen atoms in total. The molecule has 4 amide bonds. The molecule has 200 valence electrons. The first kappa shape index (κ1) is 24.8. The fourth-order valence-electron chi connectivity index (χ4n) is 6.32. The normalized spacial score (nSPS) is 26.8. The van der Waals surface area contributed by atoms with Gasteiger partial charge in [0.25, 0.3) is 0 Å². The lowest BCUT2D eigenvalue weighted by Gasteiger charge is -2.33. The fourth-order valence-corrected chi connectivity index (χ4v) is 6.32. The van der Waals surface area contributed by atoms with Crippen molar-refractivity contribution in [3.05, 3.63) is 36.2 Å². The zero-order valence-electron chi connectivity index (χ0n) is 21.7. The van der Waals surface area contributed by atoms with Crippen LogP contribution in [0, 0.1) is 29.1 Å². The van der Waals surface area contributed by atoms with Crippen molar-refractivity contribution >= 4 is 34.4 Å². The number of amides is 4. The molecule has 4 aliphatic rings. The Morgan fingerprint density at radius 3 is 2.50 bits per heavy atom. The highest BCUT2D eigenvalue weighted by Crippen LogP contribution is 2.65. The minimum absolute atomic E-state index is 0.00681. The number of benzene rings is 1. The topological polar surface area (TPSA) is 147 Å². The Hall–Kier alpha value is -3.56. The standard InChI is InChI=1S/C28H34N6O4/c1-28(2)18-13-34(27(38)19(11-14-7-8-14)31-25(36)15-9-10-15)23(20(18)28)26(37)32-22(24(29)35)21-17-6-4-3-5-16(17)12-30-33-21/h3-6,12,14-15,18-20,22-23H,7-11,13H2,1-2H3,(H2,29,35)(H,31,36)(H,32,37)/t18-,19?,20-,22?,23-/m0/s1. The summed E-state index contributed by atoms with van der Waals surface area (Å²) in [5, 5.41) is 15.4. The van der Waals surface area contributed by atoms with Gasteiger partial charge in [0, 0.05) is 23.2 Å². The second kappa shape index (κ2) is 9.03. The van der Waals surface area contributed by atoms with Gasteiger partial charge in [0.1, 0.15) is 17.8 Å². The number of carbonyl (C=O) groups excluding carboxylic acids is 4. The number of fused-ring (bicyclic) bond motifs is 2. The minimum atomic E-state index is -1.20. The summed E-state index contributed by atoms with van der Waals surface area (Å²) in [7, 11) is 0. The van der Waals surface area contributed by atoms with Crippen LogP contribution in [0.5, 0.6) is 0 Å². The van der Waals surface area contributed by atoms with Gasteiger partial charge in [0.2, 0.25) is 23.6 Å². The van der Waals surface area contributed by atoms with Crippen molar-refractivity contribution in [2.45, 2.75) is 64.1 Å². The van der Waals surface area contributed by atoms with E-state index in [1.807, 2.05) is 18.2 Å². The lowest BCUT2D eigenvalue weighted by atomic mass is 9.98. The number of hydrogen-bond acceptors (Lipinski definition) is 6. The van der Waals surface area contributed by atoms with Crippen LogP contribution in [0.4, 0.5) is 0 Å². The summed E-state index contributed by atoms with van der Waals surface area (Å²) in [5.74, 6) is -0.927. The summed E-state index contributed by atoms with van der Waals surface area (Å²) in [6, 6.07) is 4.72. The Bertz CT molecular complexity index is 1310. The van der Waals surface area contributed by atoms with E-state index in [4.69, 9.17) is 5.73 Å². The van der Waals surface area contributed by atoms with E-state index in [9.17, 15) is 19.2 Å². The van der Waals surface area contributed by atoms with E-state index in [0.717, 1.165) is 31.1 Å². The van der Waals surface area contributed by atoms with Crippen LogP contribution in [-0.4, -0.2) is 57.4 Å². The Labute approximate surface area is 221 Å². The molecule has 6 rings (SSSR count). The van der Waals surface area contributed by atoms with Crippen molar-refractivity contribution < 1.29 is 19.2 Å². The van der Waals surface area contributed by atoms with Crippen LogP contribution < -0.4 is 16.4 Å². The molecule has 3 aliphatic carbocycles. The third kappa shape index (κ3) is 4.39. The number of nitrogens with zero attached hydrogens (tertiary/aromatic N) is 3. The smallest absolute Gasteiger partial charge is 0.246 e. The first-order valence-electron chi connectivity index (χ1n) is 13.6. The summed E-state index contributed by atoms with van der Waals surface area (Å²) >= 11 is 0. The van der Waals surface area contributed by atoms with Crippen LogP contribution in [0.3, 0.4) is 0 Å². The number of hydrogen-bond donors (Lipinski definition) is 3. The van der Waals surface area contributed by atoms with Crippen LogP contribution >= 0.6 is 0 Å². The summed E-state index contributed by atoms with van der Waals surface area (Å²) in [4.78, 5) is 54.5. The molecule has 4 fully saturated rings. The van der Waals surface area contributed by atoms with E-state index >= 15 is 0 Å². The molecule has 3 saturated carbocycles. The highest BCUT2D eigenvalue weighted by atomic mass is 16.2. The van der Waals surface area contributed by atoms with Crippen molar-refractivity contribution in [2.75, 3.05) is 6.54 Å². The molecule has 5 atom stereocenters. The fraction of sp³-hybridized carbons (Fsp3) is 0.571. The number of nitrogens with two attached hydrogens (primary N) is 1.